The first-order valence-corrected chi connectivity index (χ1v) is 9.25. The number of rotatable bonds is 5. The van der Waals surface area contributed by atoms with Gasteiger partial charge in [-0.3, -0.25) is 0 Å². The summed E-state index contributed by atoms with van der Waals surface area (Å²) in [4.78, 5) is 25.1. The molecule has 0 fully saturated rings. The molecule has 1 heterocycles. The van der Waals surface area contributed by atoms with Gasteiger partial charge in [0.15, 0.2) is 0 Å². The minimum Gasteiger partial charge on any atom is -0.463 e. The van der Waals surface area contributed by atoms with E-state index in [-0.39, 0.29) is 12.2 Å². The molecule has 1 atom stereocenters. The van der Waals surface area contributed by atoms with Crippen LogP contribution < -0.4 is 10.6 Å². The van der Waals surface area contributed by atoms with Gasteiger partial charge in [-0.2, -0.15) is 0 Å². The molecule has 5 nitrogen and oxygen atoms in total. The Bertz CT molecular complexity index is 902. The van der Waals surface area contributed by atoms with Crippen LogP contribution in [0, 0.1) is 5.82 Å². The monoisotopic (exact) mass is 382 g/mol. The lowest BCUT2D eigenvalue weighted by atomic mass is 9.91. The van der Waals surface area contributed by atoms with Crippen LogP contribution in [0.15, 0.2) is 54.1 Å². The van der Waals surface area contributed by atoms with Crippen LogP contribution in [-0.2, 0) is 9.53 Å². The van der Waals surface area contributed by atoms with E-state index in [0.29, 0.717) is 17.2 Å². The topological polar surface area (TPSA) is 67.4 Å². The molecule has 0 saturated heterocycles. The molecule has 3 rings (SSSR count). The predicted molar refractivity (Wildman–Crippen MR) is 105 cm³/mol. The summed E-state index contributed by atoms with van der Waals surface area (Å²) in [7, 11) is 0. The maximum Gasteiger partial charge on any atom is 0.338 e. The molecule has 6 heteroatoms. The number of halogens is 1. The van der Waals surface area contributed by atoms with Gasteiger partial charge in [-0.1, -0.05) is 38.1 Å². The largest absolute Gasteiger partial charge is 0.463 e. The smallest absolute Gasteiger partial charge is 0.338 e. The first-order chi connectivity index (χ1) is 13.4. The van der Waals surface area contributed by atoms with Gasteiger partial charge in [-0.25, -0.2) is 14.0 Å². The van der Waals surface area contributed by atoms with E-state index >= 15 is 0 Å². The summed E-state index contributed by atoms with van der Waals surface area (Å²) < 4.78 is 18.6. The van der Waals surface area contributed by atoms with Crippen molar-refractivity contribution in [3.63, 3.8) is 0 Å². The van der Waals surface area contributed by atoms with E-state index in [1.54, 1.807) is 6.92 Å². The quantitative estimate of drug-likeness (QED) is 0.759. The molecule has 146 valence electrons. The number of amides is 2. The second-order valence-corrected chi connectivity index (χ2v) is 6.87. The molecule has 0 bridgehead atoms. The number of urea groups is 1. The number of esters is 1. The number of carbonyl (C=O) groups is 2. The third kappa shape index (κ3) is 4.06. The number of benzene rings is 2. The molecular weight excluding hydrogens is 359 g/mol. The molecule has 0 saturated carbocycles. The second-order valence-electron chi connectivity index (χ2n) is 6.87. The summed E-state index contributed by atoms with van der Waals surface area (Å²) in [5.41, 5.74) is 3.06. The number of nitrogens with one attached hydrogen (secondary N) is 2. The van der Waals surface area contributed by atoms with Crippen molar-refractivity contribution in [2.45, 2.75) is 32.7 Å². The van der Waals surface area contributed by atoms with Crippen molar-refractivity contribution >= 4 is 17.7 Å². The van der Waals surface area contributed by atoms with Crippen molar-refractivity contribution in [1.29, 1.82) is 0 Å². The molecule has 0 spiro atoms. The molecule has 2 aromatic carbocycles. The van der Waals surface area contributed by atoms with Gasteiger partial charge in [0.2, 0.25) is 0 Å². The molecule has 1 aliphatic rings. The standard InChI is InChI=1S/C22H23FN2O3/c1-4-28-21(26)18-19(15-7-5-14(6-8-15)13(2)3)24-22(27)25-20(18)16-9-11-17(23)12-10-16/h5-13,19H,4H2,1-3H3,(H2,24,25,27)/t19-/m0/s1. The zero-order valence-electron chi connectivity index (χ0n) is 16.1. The van der Waals surface area contributed by atoms with Crippen LogP contribution in [0.1, 0.15) is 49.4 Å². The average Bonchev–Trinajstić information content (AvgIpc) is 2.68. The van der Waals surface area contributed by atoms with Crippen LogP contribution >= 0.6 is 0 Å². The predicted octanol–water partition coefficient (Wildman–Crippen LogP) is 4.28. The van der Waals surface area contributed by atoms with E-state index in [1.807, 2.05) is 24.3 Å². The van der Waals surface area contributed by atoms with Gasteiger partial charge in [-0.15, -0.1) is 0 Å². The summed E-state index contributed by atoms with van der Waals surface area (Å²) >= 11 is 0. The van der Waals surface area contributed by atoms with Crippen LogP contribution in [0.2, 0.25) is 0 Å². The van der Waals surface area contributed by atoms with Gasteiger partial charge >= 0.3 is 12.0 Å². The molecular formula is C22H23FN2O3. The number of hydrogen-bond acceptors (Lipinski definition) is 3. The highest BCUT2D eigenvalue weighted by Gasteiger charge is 2.34. The Morgan fingerprint density at radius 1 is 1.11 bits per heavy atom. The highest BCUT2D eigenvalue weighted by Crippen LogP contribution is 2.32. The summed E-state index contributed by atoms with van der Waals surface area (Å²) in [5.74, 6) is -0.568. The van der Waals surface area contributed by atoms with E-state index in [4.69, 9.17) is 4.74 Å². The molecule has 2 aromatic rings. The lowest BCUT2D eigenvalue weighted by molar-refractivity contribution is -0.138. The SMILES string of the molecule is CCOC(=O)C1=C(c2ccc(F)cc2)NC(=O)N[C@H]1c1ccc(C(C)C)cc1. The zero-order chi connectivity index (χ0) is 20.3. The summed E-state index contributed by atoms with van der Waals surface area (Å²) in [6.45, 7) is 6.11. The third-order valence-corrected chi connectivity index (χ3v) is 4.64. The fourth-order valence-corrected chi connectivity index (χ4v) is 3.16. The van der Waals surface area contributed by atoms with E-state index in [9.17, 15) is 14.0 Å². The fraction of sp³-hybridized carbons (Fsp3) is 0.273. The molecule has 2 N–H and O–H groups in total. The number of carbonyl (C=O) groups excluding carboxylic acids is 2. The molecule has 2 amide bonds. The summed E-state index contributed by atoms with van der Waals surface area (Å²) in [6, 6.07) is 12.3. The first kappa shape index (κ1) is 19.6. The van der Waals surface area contributed by atoms with E-state index in [0.717, 1.165) is 11.1 Å². The lowest BCUT2D eigenvalue weighted by Gasteiger charge is -2.29. The Morgan fingerprint density at radius 3 is 2.32 bits per heavy atom. The van der Waals surface area contributed by atoms with Crippen molar-refractivity contribution < 1.29 is 18.7 Å². The van der Waals surface area contributed by atoms with E-state index in [1.165, 1.54) is 24.3 Å². The van der Waals surface area contributed by atoms with Gasteiger partial charge in [0, 0.05) is 0 Å². The third-order valence-electron chi connectivity index (χ3n) is 4.64. The van der Waals surface area contributed by atoms with E-state index < -0.39 is 23.9 Å². The van der Waals surface area contributed by atoms with Gasteiger partial charge in [0.05, 0.1) is 23.9 Å². The van der Waals surface area contributed by atoms with Crippen molar-refractivity contribution in [2.24, 2.45) is 0 Å². The van der Waals surface area contributed by atoms with Crippen molar-refractivity contribution in [2.75, 3.05) is 6.61 Å². The van der Waals surface area contributed by atoms with Gasteiger partial charge in [0.1, 0.15) is 5.82 Å². The zero-order valence-corrected chi connectivity index (χ0v) is 16.1. The Balaban J connectivity index is 2.12. The Labute approximate surface area is 163 Å². The van der Waals surface area contributed by atoms with Crippen molar-refractivity contribution in [3.8, 4) is 0 Å². The van der Waals surface area contributed by atoms with Crippen molar-refractivity contribution in [3.05, 3.63) is 76.6 Å². The molecule has 0 unspecified atom stereocenters. The van der Waals surface area contributed by atoms with Gasteiger partial charge in [-0.05, 0) is 53.8 Å². The van der Waals surface area contributed by atoms with Crippen LogP contribution in [0.25, 0.3) is 5.70 Å². The van der Waals surface area contributed by atoms with E-state index in [2.05, 4.69) is 24.5 Å². The molecule has 0 aliphatic carbocycles. The van der Waals surface area contributed by atoms with Crippen LogP contribution in [0.4, 0.5) is 9.18 Å². The van der Waals surface area contributed by atoms with Gasteiger partial charge in [0.25, 0.3) is 0 Å². The molecule has 0 aromatic heterocycles. The molecule has 1 aliphatic heterocycles. The fourth-order valence-electron chi connectivity index (χ4n) is 3.16. The Kier molecular flexibility index (Phi) is 5.78. The normalized spacial score (nSPS) is 16.6. The van der Waals surface area contributed by atoms with Crippen LogP contribution in [-0.4, -0.2) is 18.6 Å². The molecule has 0 radical (unpaired) electrons. The average molecular weight is 382 g/mol. The maximum absolute atomic E-state index is 13.3. The second kappa shape index (κ2) is 8.25. The van der Waals surface area contributed by atoms with Crippen molar-refractivity contribution in [1.82, 2.24) is 10.6 Å². The Hall–Kier alpha value is -3.15. The van der Waals surface area contributed by atoms with Crippen LogP contribution in [0.5, 0.6) is 0 Å². The minimum absolute atomic E-state index is 0.200. The highest BCUT2D eigenvalue weighted by atomic mass is 19.1. The van der Waals surface area contributed by atoms with Crippen LogP contribution in [0.3, 0.4) is 0 Å². The lowest BCUT2D eigenvalue weighted by Crippen LogP contribution is -2.45. The van der Waals surface area contributed by atoms with Gasteiger partial charge < -0.3 is 15.4 Å². The minimum atomic E-state index is -0.672. The first-order valence-electron chi connectivity index (χ1n) is 9.25. The summed E-state index contributed by atoms with van der Waals surface area (Å²) in [5, 5.41) is 5.48. The highest BCUT2D eigenvalue weighted by molar-refractivity contribution is 6.04. The Morgan fingerprint density at radius 2 is 1.75 bits per heavy atom. The molecule has 28 heavy (non-hydrogen) atoms. The summed E-state index contributed by atoms with van der Waals surface area (Å²) in [6.07, 6.45) is 0. The number of hydrogen-bond donors (Lipinski definition) is 2. The number of ether oxygens (including phenoxy) is 1. The maximum atomic E-state index is 13.3.